The van der Waals surface area contributed by atoms with Crippen LogP contribution < -0.4 is 15.0 Å². The quantitative estimate of drug-likeness (QED) is 0.837. The Bertz CT molecular complexity index is 424. The molecular formula is C16H28N4O. The Kier molecular flexibility index (Phi) is 6.23. The third-order valence-corrected chi connectivity index (χ3v) is 3.72. The zero-order chi connectivity index (χ0) is 15.1. The van der Waals surface area contributed by atoms with E-state index >= 15 is 0 Å². The number of anilines is 1. The fourth-order valence-corrected chi connectivity index (χ4v) is 2.61. The van der Waals surface area contributed by atoms with Crippen molar-refractivity contribution in [2.45, 2.75) is 58.5 Å². The van der Waals surface area contributed by atoms with Crippen LogP contribution in [0.15, 0.2) is 12.3 Å². The molecule has 0 spiro atoms. The number of hydrogen-bond donors (Lipinski definition) is 1. The number of rotatable bonds is 7. The van der Waals surface area contributed by atoms with Gasteiger partial charge in [-0.1, -0.05) is 20.8 Å². The normalized spacial score (nSPS) is 19.0. The van der Waals surface area contributed by atoms with Gasteiger partial charge in [0.15, 0.2) is 0 Å². The SMILES string of the molecule is CCCOc1ccnc(N2CCCCC2CNC(C)C)n1. The molecule has 118 valence electrons. The molecule has 1 N–H and O–H groups in total. The highest BCUT2D eigenvalue weighted by atomic mass is 16.5. The Morgan fingerprint density at radius 2 is 2.29 bits per heavy atom. The molecule has 1 unspecified atom stereocenters. The zero-order valence-corrected chi connectivity index (χ0v) is 13.5. The van der Waals surface area contributed by atoms with E-state index in [1.807, 2.05) is 6.07 Å². The Morgan fingerprint density at radius 3 is 3.05 bits per heavy atom. The van der Waals surface area contributed by atoms with Crippen molar-refractivity contribution in [3.05, 3.63) is 12.3 Å². The van der Waals surface area contributed by atoms with Crippen LogP contribution in [0.25, 0.3) is 0 Å². The molecule has 0 saturated carbocycles. The first-order valence-electron chi connectivity index (χ1n) is 8.16. The Balaban J connectivity index is 2.05. The molecule has 5 nitrogen and oxygen atoms in total. The molecule has 1 atom stereocenters. The molecule has 0 amide bonds. The van der Waals surface area contributed by atoms with Crippen molar-refractivity contribution in [1.29, 1.82) is 0 Å². The van der Waals surface area contributed by atoms with E-state index in [0.717, 1.165) is 25.5 Å². The average molecular weight is 292 g/mol. The summed E-state index contributed by atoms with van der Waals surface area (Å²) in [4.78, 5) is 11.4. The first kappa shape index (κ1) is 16.0. The molecule has 1 aromatic rings. The third kappa shape index (κ3) is 4.84. The van der Waals surface area contributed by atoms with Crippen molar-refractivity contribution in [3.63, 3.8) is 0 Å². The predicted molar refractivity (Wildman–Crippen MR) is 85.9 cm³/mol. The topological polar surface area (TPSA) is 50.3 Å². The fourth-order valence-electron chi connectivity index (χ4n) is 2.61. The van der Waals surface area contributed by atoms with Gasteiger partial charge in [0.2, 0.25) is 11.8 Å². The Labute approximate surface area is 128 Å². The van der Waals surface area contributed by atoms with Gasteiger partial charge in [-0.25, -0.2) is 4.98 Å². The van der Waals surface area contributed by atoms with E-state index in [4.69, 9.17) is 4.74 Å². The summed E-state index contributed by atoms with van der Waals surface area (Å²) in [6, 6.07) is 2.82. The van der Waals surface area contributed by atoms with Crippen LogP contribution in [0, 0.1) is 0 Å². The lowest BCUT2D eigenvalue weighted by molar-refractivity contribution is 0.304. The molecule has 1 aromatic heterocycles. The molecular weight excluding hydrogens is 264 g/mol. The summed E-state index contributed by atoms with van der Waals surface area (Å²) < 4.78 is 5.63. The first-order chi connectivity index (χ1) is 10.2. The van der Waals surface area contributed by atoms with Gasteiger partial charge >= 0.3 is 0 Å². The fraction of sp³-hybridized carbons (Fsp3) is 0.750. The van der Waals surface area contributed by atoms with Crippen molar-refractivity contribution in [3.8, 4) is 5.88 Å². The molecule has 2 heterocycles. The van der Waals surface area contributed by atoms with E-state index in [-0.39, 0.29) is 0 Å². The van der Waals surface area contributed by atoms with Gasteiger partial charge in [0.05, 0.1) is 6.61 Å². The van der Waals surface area contributed by atoms with E-state index < -0.39 is 0 Å². The second kappa shape index (κ2) is 8.17. The lowest BCUT2D eigenvalue weighted by Crippen LogP contribution is -2.47. The van der Waals surface area contributed by atoms with E-state index in [1.54, 1.807) is 6.20 Å². The van der Waals surface area contributed by atoms with Crippen LogP contribution in [0.1, 0.15) is 46.5 Å². The van der Waals surface area contributed by atoms with Crippen molar-refractivity contribution in [2.75, 3.05) is 24.6 Å². The highest BCUT2D eigenvalue weighted by molar-refractivity contribution is 5.34. The maximum absolute atomic E-state index is 5.63. The number of ether oxygens (including phenoxy) is 1. The van der Waals surface area contributed by atoms with E-state index in [0.29, 0.717) is 24.6 Å². The third-order valence-electron chi connectivity index (χ3n) is 3.72. The van der Waals surface area contributed by atoms with E-state index in [1.165, 1.54) is 19.3 Å². The molecule has 1 saturated heterocycles. The van der Waals surface area contributed by atoms with Crippen LogP contribution >= 0.6 is 0 Å². The van der Waals surface area contributed by atoms with Crippen molar-refractivity contribution in [2.24, 2.45) is 0 Å². The minimum Gasteiger partial charge on any atom is -0.478 e. The molecule has 0 aromatic carbocycles. The smallest absolute Gasteiger partial charge is 0.228 e. The molecule has 1 fully saturated rings. The minimum absolute atomic E-state index is 0.475. The second-order valence-corrected chi connectivity index (χ2v) is 5.95. The van der Waals surface area contributed by atoms with Crippen LogP contribution in [-0.4, -0.2) is 41.7 Å². The van der Waals surface area contributed by atoms with Gasteiger partial charge in [0.25, 0.3) is 0 Å². The van der Waals surface area contributed by atoms with E-state index in [9.17, 15) is 0 Å². The molecule has 5 heteroatoms. The van der Waals surface area contributed by atoms with Crippen LogP contribution in [0.3, 0.4) is 0 Å². The average Bonchev–Trinajstić information content (AvgIpc) is 2.51. The Morgan fingerprint density at radius 1 is 1.43 bits per heavy atom. The van der Waals surface area contributed by atoms with Gasteiger partial charge in [0.1, 0.15) is 0 Å². The van der Waals surface area contributed by atoms with Gasteiger partial charge in [-0.05, 0) is 25.7 Å². The maximum atomic E-state index is 5.63. The van der Waals surface area contributed by atoms with Crippen molar-refractivity contribution < 1.29 is 4.74 Å². The summed E-state index contributed by atoms with van der Waals surface area (Å²) in [6.45, 7) is 9.18. The molecule has 0 bridgehead atoms. The highest BCUT2D eigenvalue weighted by Crippen LogP contribution is 2.22. The number of aromatic nitrogens is 2. The monoisotopic (exact) mass is 292 g/mol. The summed E-state index contributed by atoms with van der Waals surface area (Å²) in [5, 5.41) is 3.54. The first-order valence-corrected chi connectivity index (χ1v) is 8.16. The summed E-state index contributed by atoms with van der Waals surface area (Å²) in [7, 11) is 0. The van der Waals surface area contributed by atoms with E-state index in [2.05, 4.69) is 41.0 Å². The van der Waals surface area contributed by atoms with Crippen LogP contribution in [0.5, 0.6) is 5.88 Å². The van der Waals surface area contributed by atoms with Gasteiger partial charge in [-0.15, -0.1) is 0 Å². The van der Waals surface area contributed by atoms with Crippen LogP contribution in [0.2, 0.25) is 0 Å². The summed E-state index contributed by atoms with van der Waals surface area (Å²) in [5.74, 6) is 1.49. The van der Waals surface area contributed by atoms with Gasteiger partial charge in [-0.2, -0.15) is 4.98 Å². The number of piperidine rings is 1. The molecule has 1 aliphatic heterocycles. The molecule has 1 aliphatic rings. The van der Waals surface area contributed by atoms with Crippen molar-refractivity contribution >= 4 is 5.95 Å². The summed E-state index contributed by atoms with van der Waals surface area (Å²) in [5.41, 5.74) is 0. The van der Waals surface area contributed by atoms with Gasteiger partial charge < -0.3 is 15.0 Å². The molecule has 21 heavy (non-hydrogen) atoms. The maximum Gasteiger partial charge on any atom is 0.228 e. The Hall–Kier alpha value is -1.36. The predicted octanol–water partition coefficient (Wildman–Crippen LogP) is 2.62. The number of nitrogens with zero attached hydrogens (tertiary/aromatic N) is 3. The molecule has 0 radical (unpaired) electrons. The largest absolute Gasteiger partial charge is 0.478 e. The lowest BCUT2D eigenvalue weighted by atomic mass is 10.0. The standard InChI is InChI=1S/C16H28N4O/c1-4-11-21-15-8-9-17-16(19-15)20-10-6-5-7-14(20)12-18-13(2)3/h8-9,13-14,18H,4-7,10-12H2,1-3H3. The van der Waals surface area contributed by atoms with Gasteiger partial charge in [-0.3, -0.25) is 0 Å². The summed E-state index contributed by atoms with van der Waals surface area (Å²) >= 11 is 0. The highest BCUT2D eigenvalue weighted by Gasteiger charge is 2.24. The number of nitrogens with one attached hydrogen (secondary N) is 1. The van der Waals surface area contributed by atoms with Crippen LogP contribution in [-0.2, 0) is 0 Å². The van der Waals surface area contributed by atoms with Gasteiger partial charge in [0, 0.05) is 37.4 Å². The molecule has 0 aliphatic carbocycles. The summed E-state index contributed by atoms with van der Waals surface area (Å²) in [6.07, 6.45) is 6.48. The zero-order valence-electron chi connectivity index (χ0n) is 13.5. The molecule has 2 rings (SSSR count). The minimum atomic E-state index is 0.475. The van der Waals surface area contributed by atoms with Crippen molar-refractivity contribution in [1.82, 2.24) is 15.3 Å². The number of hydrogen-bond acceptors (Lipinski definition) is 5. The van der Waals surface area contributed by atoms with Crippen LogP contribution in [0.4, 0.5) is 5.95 Å². The lowest BCUT2D eigenvalue weighted by Gasteiger charge is -2.36. The second-order valence-electron chi connectivity index (χ2n) is 5.95.